The summed E-state index contributed by atoms with van der Waals surface area (Å²) in [4.78, 5) is 56.0. The van der Waals surface area contributed by atoms with Crippen LogP contribution in [0.4, 0.5) is 5.69 Å². The highest BCUT2D eigenvalue weighted by Crippen LogP contribution is 2.57. The maximum Gasteiger partial charge on any atom is 0.241 e. The van der Waals surface area contributed by atoms with E-state index in [0.29, 0.717) is 16.3 Å². The fourth-order valence-electron chi connectivity index (χ4n) is 5.32. The number of imide groups is 1. The van der Waals surface area contributed by atoms with Crippen LogP contribution in [0.5, 0.6) is 0 Å². The summed E-state index contributed by atoms with van der Waals surface area (Å²) in [6.45, 7) is 0. The number of rotatable bonds is 2. The van der Waals surface area contributed by atoms with E-state index in [0.717, 1.165) is 9.37 Å². The van der Waals surface area contributed by atoms with E-state index >= 15 is 0 Å². The molecule has 168 valence electrons. The van der Waals surface area contributed by atoms with Gasteiger partial charge in [0.05, 0.1) is 23.6 Å². The summed E-state index contributed by atoms with van der Waals surface area (Å²) in [5.74, 6) is -4.62. The molecule has 2 saturated heterocycles. The van der Waals surface area contributed by atoms with Crippen LogP contribution < -0.4 is 4.90 Å². The number of carbonyl (C=O) groups excluding carboxylic acids is 4. The van der Waals surface area contributed by atoms with Gasteiger partial charge >= 0.3 is 0 Å². The summed E-state index contributed by atoms with van der Waals surface area (Å²) < 4.78 is 7.02. The zero-order chi connectivity index (χ0) is 23.8. The molecule has 0 N–H and O–H groups in total. The standard InChI is InChI=1S/C26H15BrClNO5/c27-14-7-11-16(12-8-14)29-24(32)19-20(25(29)33)26(34-21(19)13-5-9-15(28)10-6-13)22(30)17-3-1-2-4-18(17)23(26)31/h1-12,19-21H. The molecular weight excluding hydrogens is 522 g/mol. The molecule has 2 fully saturated rings. The third-order valence-electron chi connectivity index (χ3n) is 6.80. The molecule has 1 aliphatic carbocycles. The zero-order valence-electron chi connectivity index (χ0n) is 17.4. The van der Waals surface area contributed by atoms with E-state index in [1.165, 1.54) is 0 Å². The smallest absolute Gasteiger partial charge is 0.241 e. The van der Waals surface area contributed by atoms with E-state index in [4.69, 9.17) is 16.3 Å². The number of ketones is 2. The minimum atomic E-state index is -2.09. The predicted molar refractivity (Wildman–Crippen MR) is 127 cm³/mol. The number of halogens is 2. The van der Waals surface area contributed by atoms with Crippen LogP contribution in [-0.4, -0.2) is 29.0 Å². The van der Waals surface area contributed by atoms with Crippen LogP contribution in [0.15, 0.2) is 77.3 Å². The van der Waals surface area contributed by atoms with E-state index in [-0.39, 0.29) is 11.1 Å². The fourth-order valence-corrected chi connectivity index (χ4v) is 5.71. The van der Waals surface area contributed by atoms with Gasteiger partial charge in [-0.3, -0.25) is 19.2 Å². The van der Waals surface area contributed by atoms with Gasteiger partial charge in [-0.2, -0.15) is 0 Å². The van der Waals surface area contributed by atoms with Crippen LogP contribution in [0, 0.1) is 11.8 Å². The summed E-state index contributed by atoms with van der Waals surface area (Å²) in [5.41, 5.74) is -0.759. The molecule has 0 aromatic heterocycles. The third-order valence-corrected chi connectivity index (χ3v) is 7.58. The molecule has 2 aliphatic heterocycles. The molecule has 3 atom stereocenters. The molecule has 3 aromatic carbocycles. The van der Waals surface area contributed by atoms with Crippen molar-refractivity contribution in [2.24, 2.45) is 11.8 Å². The summed E-state index contributed by atoms with van der Waals surface area (Å²) in [5, 5.41) is 0.485. The Balaban J connectivity index is 1.54. The second-order valence-corrected chi connectivity index (χ2v) is 9.87. The molecule has 2 amide bonds. The lowest BCUT2D eigenvalue weighted by Gasteiger charge is -2.27. The molecule has 6 nitrogen and oxygen atoms in total. The first-order valence-electron chi connectivity index (χ1n) is 10.6. The average molecular weight is 537 g/mol. The Bertz CT molecular complexity index is 1370. The molecule has 0 radical (unpaired) electrons. The van der Waals surface area contributed by atoms with Crippen LogP contribution in [-0.2, 0) is 14.3 Å². The Labute approximate surface area is 207 Å². The predicted octanol–water partition coefficient (Wildman–Crippen LogP) is 4.80. The van der Waals surface area contributed by atoms with Crippen molar-refractivity contribution in [2.75, 3.05) is 4.90 Å². The molecule has 1 spiro atoms. The van der Waals surface area contributed by atoms with Crippen molar-refractivity contribution in [1.29, 1.82) is 0 Å². The van der Waals surface area contributed by atoms with Crippen LogP contribution in [0.2, 0.25) is 5.02 Å². The van der Waals surface area contributed by atoms with E-state index in [9.17, 15) is 19.2 Å². The number of hydrogen-bond donors (Lipinski definition) is 0. The number of amides is 2. The van der Waals surface area contributed by atoms with Gasteiger partial charge in [0.2, 0.25) is 29.0 Å². The third kappa shape index (κ3) is 2.72. The summed E-state index contributed by atoms with van der Waals surface area (Å²) in [6.07, 6.45) is -0.971. The topological polar surface area (TPSA) is 80.8 Å². The van der Waals surface area contributed by atoms with Crippen molar-refractivity contribution < 1.29 is 23.9 Å². The average Bonchev–Trinajstić information content (AvgIpc) is 3.40. The van der Waals surface area contributed by atoms with Crippen molar-refractivity contribution in [3.8, 4) is 0 Å². The Kier molecular flexibility index (Phi) is 4.68. The SMILES string of the molecule is O=C1C2C(c3ccc(Cl)cc3)OC3(C(=O)c4ccccc4C3=O)C2C(=O)N1c1ccc(Br)cc1. The van der Waals surface area contributed by atoms with Gasteiger partial charge in [-0.25, -0.2) is 4.90 Å². The quantitative estimate of drug-likeness (QED) is 0.347. The molecule has 3 aliphatic rings. The lowest BCUT2D eigenvalue weighted by atomic mass is 9.77. The van der Waals surface area contributed by atoms with Gasteiger partial charge < -0.3 is 4.74 Å². The van der Waals surface area contributed by atoms with E-state index in [2.05, 4.69) is 15.9 Å². The molecule has 8 heteroatoms. The number of carbonyl (C=O) groups is 4. The van der Waals surface area contributed by atoms with Gasteiger partial charge in [0.25, 0.3) is 0 Å². The van der Waals surface area contributed by atoms with Crippen molar-refractivity contribution in [2.45, 2.75) is 11.7 Å². The highest BCUT2D eigenvalue weighted by molar-refractivity contribution is 9.10. The monoisotopic (exact) mass is 535 g/mol. The van der Waals surface area contributed by atoms with Gasteiger partial charge in [0.1, 0.15) is 0 Å². The van der Waals surface area contributed by atoms with Crippen LogP contribution in [0.25, 0.3) is 0 Å². The Morgan fingerprint density at radius 2 is 1.38 bits per heavy atom. The lowest BCUT2D eigenvalue weighted by Crippen LogP contribution is -2.51. The number of nitrogens with zero attached hydrogens (tertiary/aromatic N) is 1. The number of ether oxygens (including phenoxy) is 1. The molecule has 2 heterocycles. The van der Waals surface area contributed by atoms with E-state index in [1.807, 2.05) is 0 Å². The molecule has 6 rings (SSSR count). The number of Topliss-reactive ketones (excluding diaryl/α,β-unsaturated/α-hetero) is 2. The minimum absolute atomic E-state index is 0.199. The fraction of sp³-hybridized carbons (Fsp3) is 0.154. The molecule has 0 saturated carbocycles. The molecule has 34 heavy (non-hydrogen) atoms. The van der Waals surface area contributed by atoms with E-state index < -0.39 is 46.9 Å². The van der Waals surface area contributed by atoms with Gasteiger partial charge in [0, 0.05) is 20.6 Å². The second-order valence-electron chi connectivity index (χ2n) is 8.52. The van der Waals surface area contributed by atoms with Crippen molar-refractivity contribution in [1.82, 2.24) is 0 Å². The Morgan fingerprint density at radius 1 is 0.794 bits per heavy atom. The van der Waals surface area contributed by atoms with E-state index in [1.54, 1.807) is 72.8 Å². The first-order valence-corrected chi connectivity index (χ1v) is 11.8. The maximum absolute atomic E-state index is 13.8. The van der Waals surface area contributed by atoms with Gasteiger partial charge in [-0.15, -0.1) is 0 Å². The second kappa shape index (κ2) is 7.43. The summed E-state index contributed by atoms with van der Waals surface area (Å²) in [7, 11) is 0. The molecule has 0 bridgehead atoms. The lowest BCUT2D eigenvalue weighted by molar-refractivity contribution is -0.127. The van der Waals surface area contributed by atoms with Crippen LogP contribution >= 0.6 is 27.5 Å². The molecule has 3 unspecified atom stereocenters. The van der Waals surface area contributed by atoms with Crippen LogP contribution in [0.1, 0.15) is 32.4 Å². The van der Waals surface area contributed by atoms with Crippen LogP contribution in [0.3, 0.4) is 0 Å². The van der Waals surface area contributed by atoms with Crippen molar-refractivity contribution in [3.63, 3.8) is 0 Å². The Morgan fingerprint density at radius 3 is 1.97 bits per heavy atom. The number of benzene rings is 3. The summed E-state index contributed by atoms with van der Waals surface area (Å²) >= 11 is 9.39. The van der Waals surface area contributed by atoms with Gasteiger partial charge in [-0.05, 0) is 42.0 Å². The Hall–Kier alpha value is -3.13. The van der Waals surface area contributed by atoms with Crippen molar-refractivity contribution >= 4 is 56.6 Å². The molecular formula is C26H15BrClNO5. The number of hydrogen-bond acceptors (Lipinski definition) is 5. The summed E-state index contributed by atoms with van der Waals surface area (Å²) in [6, 6.07) is 19.8. The normalized spacial score (nSPS) is 24.8. The number of anilines is 1. The first-order chi connectivity index (χ1) is 16.3. The number of fused-ring (bicyclic) bond motifs is 3. The maximum atomic E-state index is 13.8. The minimum Gasteiger partial charge on any atom is -0.349 e. The highest BCUT2D eigenvalue weighted by Gasteiger charge is 2.74. The zero-order valence-corrected chi connectivity index (χ0v) is 19.7. The van der Waals surface area contributed by atoms with Gasteiger partial charge in [-0.1, -0.05) is 63.9 Å². The molecule has 3 aromatic rings. The van der Waals surface area contributed by atoms with Gasteiger partial charge in [0.15, 0.2) is 0 Å². The van der Waals surface area contributed by atoms with Crippen molar-refractivity contribution in [3.05, 3.63) is 99.0 Å². The highest BCUT2D eigenvalue weighted by atomic mass is 79.9. The largest absolute Gasteiger partial charge is 0.349 e. The first kappa shape index (κ1) is 21.4.